The van der Waals surface area contributed by atoms with Gasteiger partial charge in [0.1, 0.15) is 11.3 Å². The van der Waals surface area contributed by atoms with Gasteiger partial charge in [-0.05, 0) is 18.2 Å². The monoisotopic (exact) mass is 393 g/mol. The van der Waals surface area contributed by atoms with Crippen LogP contribution in [0.1, 0.15) is 28.4 Å². The van der Waals surface area contributed by atoms with E-state index < -0.39 is 16.4 Å². The van der Waals surface area contributed by atoms with E-state index in [1.54, 1.807) is 6.07 Å². The standard InChI is InChI=1S/C15H12BrN3O5/c16-8-1-2-13-10(5-8)12(3-4-24-13)18-15(21)11-6-9(19(22)23)7-17-14(11)20/h1-2,5-7,12H,3-4H2,(H,17,20)(H,18,21). The summed E-state index contributed by atoms with van der Waals surface area (Å²) in [6.07, 6.45) is 1.49. The van der Waals surface area contributed by atoms with Gasteiger partial charge in [0.25, 0.3) is 17.2 Å². The van der Waals surface area contributed by atoms with Crippen LogP contribution in [-0.2, 0) is 0 Å². The first-order valence-corrected chi connectivity index (χ1v) is 7.85. The second-order valence-corrected chi connectivity index (χ2v) is 6.12. The molecule has 124 valence electrons. The molecule has 24 heavy (non-hydrogen) atoms. The summed E-state index contributed by atoms with van der Waals surface area (Å²) in [6, 6.07) is 6.07. The summed E-state index contributed by atoms with van der Waals surface area (Å²) in [5.41, 5.74) is -0.549. The highest BCUT2D eigenvalue weighted by atomic mass is 79.9. The van der Waals surface area contributed by atoms with Crippen LogP contribution in [0.5, 0.6) is 5.75 Å². The molecule has 1 aromatic carbocycles. The van der Waals surface area contributed by atoms with Gasteiger partial charge in [-0.1, -0.05) is 15.9 Å². The smallest absolute Gasteiger partial charge is 0.286 e. The van der Waals surface area contributed by atoms with Crippen molar-refractivity contribution in [3.63, 3.8) is 0 Å². The van der Waals surface area contributed by atoms with Crippen LogP contribution in [-0.4, -0.2) is 22.4 Å². The van der Waals surface area contributed by atoms with Crippen molar-refractivity contribution in [2.75, 3.05) is 6.61 Å². The number of carbonyl (C=O) groups is 1. The van der Waals surface area contributed by atoms with Gasteiger partial charge in [-0.3, -0.25) is 19.7 Å². The zero-order chi connectivity index (χ0) is 17.3. The number of nitro groups is 1. The van der Waals surface area contributed by atoms with Crippen LogP contribution >= 0.6 is 15.9 Å². The number of pyridine rings is 1. The van der Waals surface area contributed by atoms with Gasteiger partial charge in [0, 0.05) is 22.5 Å². The lowest BCUT2D eigenvalue weighted by molar-refractivity contribution is -0.385. The van der Waals surface area contributed by atoms with Crippen LogP contribution in [0, 0.1) is 10.1 Å². The Morgan fingerprint density at radius 2 is 2.21 bits per heavy atom. The number of aromatic nitrogens is 1. The summed E-state index contributed by atoms with van der Waals surface area (Å²) in [4.78, 5) is 36.5. The molecule has 0 aliphatic carbocycles. The SMILES string of the molecule is O=C(NC1CCOc2ccc(Br)cc21)c1cc([N+](=O)[O-])c[nH]c1=O. The molecule has 0 spiro atoms. The number of halogens is 1. The summed E-state index contributed by atoms with van der Waals surface area (Å²) in [6.45, 7) is 0.422. The minimum Gasteiger partial charge on any atom is -0.493 e. The molecule has 3 rings (SSSR count). The van der Waals surface area contributed by atoms with E-state index in [-0.39, 0.29) is 17.3 Å². The van der Waals surface area contributed by atoms with Crippen LogP contribution < -0.4 is 15.6 Å². The fourth-order valence-electron chi connectivity index (χ4n) is 2.50. The van der Waals surface area contributed by atoms with Crippen LogP contribution in [0.15, 0.2) is 39.7 Å². The molecular weight excluding hydrogens is 382 g/mol. The molecule has 1 amide bonds. The number of rotatable bonds is 3. The Bertz CT molecular complexity index is 880. The normalized spacial score (nSPS) is 16.0. The van der Waals surface area contributed by atoms with Gasteiger partial charge >= 0.3 is 0 Å². The third kappa shape index (κ3) is 3.16. The molecule has 0 radical (unpaired) electrons. The molecule has 0 bridgehead atoms. The van der Waals surface area contributed by atoms with Crippen molar-refractivity contribution < 1.29 is 14.5 Å². The maximum atomic E-state index is 12.4. The Morgan fingerprint density at radius 3 is 2.96 bits per heavy atom. The fourth-order valence-corrected chi connectivity index (χ4v) is 2.88. The van der Waals surface area contributed by atoms with E-state index in [2.05, 4.69) is 26.2 Å². The second kappa shape index (κ2) is 6.44. The first-order chi connectivity index (χ1) is 11.5. The lowest BCUT2D eigenvalue weighted by Gasteiger charge is -2.26. The minimum absolute atomic E-state index is 0.299. The molecular formula is C15H12BrN3O5. The van der Waals surface area contributed by atoms with E-state index in [1.807, 2.05) is 12.1 Å². The van der Waals surface area contributed by atoms with Crippen molar-refractivity contribution in [1.29, 1.82) is 0 Å². The van der Waals surface area contributed by atoms with E-state index in [9.17, 15) is 19.7 Å². The average molecular weight is 394 g/mol. The Labute approximate surface area is 144 Å². The zero-order valence-electron chi connectivity index (χ0n) is 12.2. The lowest BCUT2D eigenvalue weighted by atomic mass is 10.00. The molecule has 2 heterocycles. The van der Waals surface area contributed by atoms with Crippen molar-refractivity contribution in [3.05, 3.63) is 66.5 Å². The van der Waals surface area contributed by atoms with Gasteiger partial charge in [0.05, 0.1) is 23.8 Å². The Hall–Kier alpha value is -2.68. The van der Waals surface area contributed by atoms with Gasteiger partial charge in [-0.2, -0.15) is 0 Å². The molecule has 0 saturated carbocycles. The average Bonchev–Trinajstić information content (AvgIpc) is 2.55. The van der Waals surface area contributed by atoms with Crippen molar-refractivity contribution in [2.45, 2.75) is 12.5 Å². The number of H-pyrrole nitrogens is 1. The van der Waals surface area contributed by atoms with E-state index >= 15 is 0 Å². The van der Waals surface area contributed by atoms with Crippen LogP contribution in [0.3, 0.4) is 0 Å². The molecule has 1 aliphatic rings. The van der Waals surface area contributed by atoms with E-state index in [1.165, 1.54) is 0 Å². The van der Waals surface area contributed by atoms with Gasteiger partial charge in [-0.15, -0.1) is 0 Å². The van der Waals surface area contributed by atoms with E-state index in [4.69, 9.17) is 4.74 Å². The number of nitrogens with zero attached hydrogens (tertiary/aromatic N) is 1. The number of hydrogen-bond acceptors (Lipinski definition) is 5. The minimum atomic E-state index is -0.681. The molecule has 8 nitrogen and oxygen atoms in total. The van der Waals surface area contributed by atoms with E-state index in [0.29, 0.717) is 18.8 Å². The number of ether oxygens (including phenoxy) is 1. The largest absolute Gasteiger partial charge is 0.493 e. The van der Waals surface area contributed by atoms with Crippen molar-refractivity contribution in [3.8, 4) is 5.75 Å². The zero-order valence-corrected chi connectivity index (χ0v) is 13.8. The predicted molar refractivity (Wildman–Crippen MR) is 88.2 cm³/mol. The molecule has 2 aromatic rings. The second-order valence-electron chi connectivity index (χ2n) is 5.20. The number of fused-ring (bicyclic) bond motifs is 1. The number of carbonyl (C=O) groups excluding carboxylic acids is 1. The fraction of sp³-hybridized carbons (Fsp3) is 0.200. The van der Waals surface area contributed by atoms with Crippen LogP contribution in [0.25, 0.3) is 0 Å². The van der Waals surface area contributed by atoms with Gasteiger partial charge in [0.15, 0.2) is 0 Å². The van der Waals surface area contributed by atoms with Crippen molar-refractivity contribution in [1.82, 2.24) is 10.3 Å². The topological polar surface area (TPSA) is 114 Å². The van der Waals surface area contributed by atoms with Crippen LogP contribution in [0.4, 0.5) is 5.69 Å². The molecule has 1 aromatic heterocycles. The summed E-state index contributed by atoms with van der Waals surface area (Å²) in [5.74, 6) is -0.0134. The summed E-state index contributed by atoms with van der Waals surface area (Å²) >= 11 is 3.37. The van der Waals surface area contributed by atoms with Gasteiger partial charge < -0.3 is 15.0 Å². The number of hydrogen-bond donors (Lipinski definition) is 2. The predicted octanol–water partition coefficient (Wildman–Crippen LogP) is 2.30. The number of benzene rings is 1. The number of aromatic amines is 1. The van der Waals surface area contributed by atoms with E-state index in [0.717, 1.165) is 22.3 Å². The Balaban J connectivity index is 1.89. The Morgan fingerprint density at radius 1 is 1.42 bits per heavy atom. The number of amides is 1. The number of nitrogens with one attached hydrogen (secondary N) is 2. The Kier molecular flexibility index (Phi) is 4.34. The summed E-state index contributed by atoms with van der Waals surface area (Å²) < 4.78 is 6.37. The third-order valence-electron chi connectivity index (χ3n) is 3.66. The highest BCUT2D eigenvalue weighted by Gasteiger charge is 2.25. The highest BCUT2D eigenvalue weighted by Crippen LogP contribution is 2.34. The first-order valence-electron chi connectivity index (χ1n) is 7.06. The maximum absolute atomic E-state index is 12.4. The first kappa shape index (κ1) is 16.2. The molecule has 0 fully saturated rings. The van der Waals surface area contributed by atoms with Crippen LogP contribution in [0.2, 0.25) is 0 Å². The van der Waals surface area contributed by atoms with Gasteiger partial charge in [-0.25, -0.2) is 0 Å². The highest BCUT2D eigenvalue weighted by molar-refractivity contribution is 9.10. The molecule has 2 N–H and O–H groups in total. The van der Waals surface area contributed by atoms with Crippen molar-refractivity contribution in [2.24, 2.45) is 0 Å². The molecule has 1 unspecified atom stereocenters. The molecule has 1 aliphatic heterocycles. The summed E-state index contributed by atoms with van der Waals surface area (Å²) in [5, 5.41) is 13.6. The lowest BCUT2D eigenvalue weighted by Crippen LogP contribution is -2.35. The maximum Gasteiger partial charge on any atom is 0.286 e. The quantitative estimate of drug-likeness (QED) is 0.613. The summed E-state index contributed by atoms with van der Waals surface area (Å²) in [7, 11) is 0. The molecule has 0 saturated heterocycles. The van der Waals surface area contributed by atoms with Gasteiger partial charge in [0.2, 0.25) is 0 Å². The molecule has 9 heteroatoms. The third-order valence-corrected chi connectivity index (χ3v) is 4.15. The molecule has 1 atom stereocenters. The van der Waals surface area contributed by atoms with Crippen molar-refractivity contribution >= 4 is 27.5 Å².